The Kier molecular flexibility index (Phi) is 6.41. The third-order valence-electron chi connectivity index (χ3n) is 2.67. The quantitative estimate of drug-likeness (QED) is 0.731. The summed E-state index contributed by atoms with van der Waals surface area (Å²) in [5.74, 6) is 0.541. The van der Waals surface area contributed by atoms with Crippen LogP contribution in [0.3, 0.4) is 0 Å². The molecular weight excluding hydrogens is 204 g/mol. The molecule has 2 N–H and O–H groups in total. The normalized spacial score (nSPS) is 11.7. The van der Waals surface area contributed by atoms with Gasteiger partial charge in [0.05, 0.1) is 12.1 Å². The first-order valence-corrected chi connectivity index (χ1v) is 6.01. The second-order valence-electron chi connectivity index (χ2n) is 5.04. The van der Waals surface area contributed by atoms with E-state index in [1.165, 1.54) is 4.90 Å². The number of likely N-dealkylation sites (N-methyl/N-ethyl adjacent to an activating group) is 1. The van der Waals surface area contributed by atoms with Gasteiger partial charge in [-0.05, 0) is 19.8 Å². The maximum Gasteiger partial charge on any atom is 0.317 e. The molecule has 4 nitrogen and oxygen atoms in total. The molecule has 0 unspecified atom stereocenters. The Bertz CT molecular complexity index is 208. The molecule has 96 valence electrons. The van der Waals surface area contributed by atoms with Crippen molar-refractivity contribution in [1.29, 1.82) is 0 Å². The lowest BCUT2D eigenvalue weighted by atomic mass is 10.0. The molecule has 2 amide bonds. The molecule has 0 aliphatic heterocycles. The Morgan fingerprint density at radius 2 is 1.88 bits per heavy atom. The highest BCUT2D eigenvalue weighted by molar-refractivity contribution is 5.73. The van der Waals surface area contributed by atoms with E-state index in [-0.39, 0.29) is 6.03 Å². The molecule has 4 heteroatoms. The Morgan fingerprint density at radius 1 is 1.38 bits per heavy atom. The third kappa shape index (κ3) is 6.67. The SMILES string of the molecule is CCC(CC)CNC(=O)N(C)CC(C)(C)O. The first-order valence-electron chi connectivity index (χ1n) is 6.01. The molecule has 0 aliphatic rings. The van der Waals surface area contributed by atoms with E-state index in [0.29, 0.717) is 19.0 Å². The number of rotatable bonds is 6. The summed E-state index contributed by atoms with van der Waals surface area (Å²) in [6.45, 7) is 8.68. The Balaban J connectivity index is 3.97. The lowest BCUT2D eigenvalue weighted by Gasteiger charge is -2.26. The summed E-state index contributed by atoms with van der Waals surface area (Å²) in [4.78, 5) is 13.2. The van der Waals surface area contributed by atoms with Crippen LogP contribution in [0.25, 0.3) is 0 Å². The lowest BCUT2D eigenvalue weighted by Crippen LogP contribution is -2.45. The molecule has 0 radical (unpaired) electrons. The largest absolute Gasteiger partial charge is 0.389 e. The van der Waals surface area contributed by atoms with Crippen molar-refractivity contribution in [2.24, 2.45) is 5.92 Å². The van der Waals surface area contributed by atoms with Gasteiger partial charge in [-0.1, -0.05) is 26.7 Å². The van der Waals surface area contributed by atoms with Crippen LogP contribution in [0.2, 0.25) is 0 Å². The van der Waals surface area contributed by atoms with E-state index < -0.39 is 5.60 Å². The first-order chi connectivity index (χ1) is 7.30. The number of urea groups is 1. The molecule has 0 spiro atoms. The van der Waals surface area contributed by atoms with Crippen molar-refractivity contribution in [2.45, 2.75) is 46.1 Å². The number of nitrogens with zero attached hydrogens (tertiary/aromatic N) is 1. The molecule has 0 aromatic heterocycles. The highest BCUT2D eigenvalue weighted by atomic mass is 16.3. The number of amides is 2. The maximum absolute atomic E-state index is 11.7. The van der Waals surface area contributed by atoms with Crippen LogP contribution >= 0.6 is 0 Å². The topological polar surface area (TPSA) is 52.6 Å². The Morgan fingerprint density at radius 3 is 2.25 bits per heavy atom. The minimum absolute atomic E-state index is 0.117. The van der Waals surface area contributed by atoms with E-state index in [2.05, 4.69) is 19.2 Å². The van der Waals surface area contributed by atoms with Crippen LogP contribution in [0.1, 0.15) is 40.5 Å². The van der Waals surface area contributed by atoms with Crippen LogP contribution in [0.4, 0.5) is 4.79 Å². The van der Waals surface area contributed by atoms with Crippen molar-refractivity contribution in [3.05, 3.63) is 0 Å². The van der Waals surface area contributed by atoms with Crippen molar-refractivity contribution in [1.82, 2.24) is 10.2 Å². The van der Waals surface area contributed by atoms with E-state index in [9.17, 15) is 9.90 Å². The van der Waals surface area contributed by atoms with Gasteiger partial charge in [0.2, 0.25) is 0 Å². The van der Waals surface area contributed by atoms with Gasteiger partial charge in [0.1, 0.15) is 0 Å². The second kappa shape index (κ2) is 6.74. The number of hydrogen-bond donors (Lipinski definition) is 2. The minimum atomic E-state index is -0.846. The zero-order valence-corrected chi connectivity index (χ0v) is 11.2. The molecule has 0 aromatic rings. The predicted molar refractivity (Wildman–Crippen MR) is 66.4 cm³/mol. The van der Waals surface area contributed by atoms with Gasteiger partial charge in [0, 0.05) is 13.6 Å². The summed E-state index contributed by atoms with van der Waals surface area (Å²) >= 11 is 0. The molecule has 0 aromatic carbocycles. The van der Waals surface area contributed by atoms with Crippen LogP contribution in [-0.4, -0.2) is 41.8 Å². The minimum Gasteiger partial charge on any atom is -0.389 e. The summed E-state index contributed by atoms with van der Waals surface area (Å²) in [5, 5.41) is 12.5. The van der Waals surface area contributed by atoms with Gasteiger partial charge in [-0.2, -0.15) is 0 Å². The van der Waals surface area contributed by atoms with Crippen molar-refractivity contribution >= 4 is 6.03 Å². The van der Waals surface area contributed by atoms with Crippen molar-refractivity contribution in [3.63, 3.8) is 0 Å². The van der Waals surface area contributed by atoms with Crippen molar-refractivity contribution < 1.29 is 9.90 Å². The zero-order valence-electron chi connectivity index (χ0n) is 11.2. The van der Waals surface area contributed by atoms with Gasteiger partial charge in [-0.25, -0.2) is 4.79 Å². The standard InChI is InChI=1S/C12H26N2O2/c1-6-10(7-2)8-13-11(15)14(5)9-12(3,4)16/h10,16H,6-9H2,1-5H3,(H,13,15). The number of hydrogen-bond acceptors (Lipinski definition) is 2. The van der Waals surface area contributed by atoms with Gasteiger partial charge >= 0.3 is 6.03 Å². The summed E-state index contributed by atoms with van der Waals surface area (Å²) in [7, 11) is 1.69. The number of carbonyl (C=O) groups excluding carboxylic acids is 1. The highest BCUT2D eigenvalue weighted by Crippen LogP contribution is 2.06. The molecule has 0 aliphatic carbocycles. The average molecular weight is 230 g/mol. The van der Waals surface area contributed by atoms with Crippen LogP contribution < -0.4 is 5.32 Å². The zero-order chi connectivity index (χ0) is 12.8. The van der Waals surface area contributed by atoms with Crippen LogP contribution in [0.15, 0.2) is 0 Å². The van der Waals surface area contributed by atoms with Crippen LogP contribution in [0.5, 0.6) is 0 Å². The molecule has 0 saturated carbocycles. The summed E-state index contributed by atoms with van der Waals surface area (Å²) < 4.78 is 0. The summed E-state index contributed by atoms with van der Waals surface area (Å²) in [5.41, 5.74) is -0.846. The van der Waals surface area contributed by atoms with Gasteiger partial charge in [0.15, 0.2) is 0 Å². The predicted octanol–water partition coefficient (Wildman–Crippen LogP) is 1.83. The smallest absolute Gasteiger partial charge is 0.317 e. The van der Waals surface area contributed by atoms with E-state index >= 15 is 0 Å². The number of aliphatic hydroxyl groups is 1. The second-order valence-corrected chi connectivity index (χ2v) is 5.04. The number of nitrogens with one attached hydrogen (secondary N) is 1. The fraction of sp³-hybridized carbons (Fsp3) is 0.917. The van der Waals surface area contributed by atoms with Crippen molar-refractivity contribution in [3.8, 4) is 0 Å². The monoisotopic (exact) mass is 230 g/mol. The number of carbonyl (C=O) groups is 1. The lowest BCUT2D eigenvalue weighted by molar-refractivity contribution is 0.0530. The molecule has 0 fully saturated rings. The first kappa shape index (κ1) is 15.2. The van der Waals surface area contributed by atoms with E-state index in [4.69, 9.17) is 0 Å². The maximum atomic E-state index is 11.7. The van der Waals surface area contributed by atoms with Gasteiger partial charge in [-0.3, -0.25) is 0 Å². The van der Waals surface area contributed by atoms with E-state index in [0.717, 1.165) is 12.8 Å². The molecule has 0 bridgehead atoms. The molecule has 0 heterocycles. The van der Waals surface area contributed by atoms with E-state index in [1.54, 1.807) is 20.9 Å². The Labute approximate surface area is 99.0 Å². The molecule has 0 saturated heterocycles. The fourth-order valence-electron chi connectivity index (χ4n) is 1.60. The van der Waals surface area contributed by atoms with Crippen LogP contribution in [0, 0.1) is 5.92 Å². The summed E-state index contributed by atoms with van der Waals surface area (Å²) in [6, 6.07) is -0.117. The van der Waals surface area contributed by atoms with Crippen molar-refractivity contribution in [2.75, 3.05) is 20.1 Å². The summed E-state index contributed by atoms with van der Waals surface area (Å²) in [6.07, 6.45) is 2.15. The molecule has 0 rings (SSSR count). The molecule has 0 atom stereocenters. The molecule has 16 heavy (non-hydrogen) atoms. The van der Waals surface area contributed by atoms with Gasteiger partial charge in [0.25, 0.3) is 0 Å². The molecular formula is C12H26N2O2. The van der Waals surface area contributed by atoms with Crippen LogP contribution in [-0.2, 0) is 0 Å². The average Bonchev–Trinajstić information content (AvgIpc) is 2.16. The highest BCUT2D eigenvalue weighted by Gasteiger charge is 2.19. The fourth-order valence-corrected chi connectivity index (χ4v) is 1.60. The van der Waals surface area contributed by atoms with E-state index in [1.807, 2.05) is 0 Å². The third-order valence-corrected chi connectivity index (χ3v) is 2.67. The van der Waals surface area contributed by atoms with Gasteiger partial charge < -0.3 is 15.3 Å². The van der Waals surface area contributed by atoms with Gasteiger partial charge in [-0.15, -0.1) is 0 Å². The Hall–Kier alpha value is -0.770.